The lowest BCUT2D eigenvalue weighted by Gasteiger charge is -2.12. The van der Waals surface area contributed by atoms with Crippen LogP contribution in [0.2, 0.25) is 0 Å². The number of para-hydroxylation sites is 1. The van der Waals surface area contributed by atoms with E-state index < -0.39 is 0 Å². The minimum Gasteiger partial charge on any atom is -0.355 e. The SMILES string of the molecule is c1ccc(-n2c3cc(-c4ccc(Nc5cccc6ccccc56)cc4)ccc3c3ccc4ccccc4c32)cc1. The fourth-order valence-corrected chi connectivity index (χ4v) is 6.04. The van der Waals surface area contributed by atoms with E-state index >= 15 is 0 Å². The highest BCUT2D eigenvalue weighted by atomic mass is 15.0. The first kappa shape index (κ1) is 22.6. The van der Waals surface area contributed by atoms with Crippen LogP contribution in [0.15, 0.2) is 152 Å². The molecule has 0 aliphatic heterocycles. The summed E-state index contributed by atoms with van der Waals surface area (Å²) in [6.07, 6.45) is 0. The predicted molar refractivity (Wildman–Crippen MR) is 171 cm³/mol. The maximum absolute atomic E-state index is 3.62. The van der Waals surface area contributed by atoms with Crippen LogP contribution >= 0.6 is 0 Å². The molecule has 1 aromatic heterocycles. The third-order valence-corrected chi connectivity index (χ3v) is 7.95. The molecule has 0 atom stereocenters. The summed E-state index contributed by atoms with van der Waals surface area (Å²) in [6.45, 7) is 0. The Bertz CT molecular complexity index is 2170. The minimum absolute atomic E-state index is 1.08. The van der Waals surface area contributed by atoms with Crippen LogP contribution in [0.3, 0.4) is 0 Å². The fraction of sp³-hybridized carbons (Fsp3) is 0. The van der Waals surface area contributed by atoms with Crippen molar-refractivity contribution in [2.45, 2.75) is 0 Å². The topological polar surface area (TPSA) is 17.0 Å². The number of benzene rings is 7. The van der Waals surface area contributed by atoms with Gasteiger partial charge in [0, 0.05) is 38.6 Å². The molecule has 2 heteroatoms. The molecule has 7 aromatic carbocycles. The zero-order chi connectivity index (χ0) is 26.5. The summed E-state index contributed by atoms with van der Waals surface area (Å²) >= 11 is 0. The van der Waals surface area contributed by atoms with Crippen LogP contribution in [0.4, 0.5) is 11.4 Å². The van der Waals surface area contributed by atoms with Gasteiger partial charge in [0.2, 0.25) is 0 Å². The lowest BCUT2D eigenvalue weighted by molar-refractivity contribution is 1.19. The molecule has 0 saturated carbocycles. The van der Waals surface area contributed by atoms with Gasteiger partial charge in [-0.15, -0.1) is 0 Å². The summed E-state index contributed by atoms with van der Waals surface area (Å²) < 4.78 is 2.42. The second-order valence-electron chi connectivity index (χ2n) is 10.3. The van der Waals surface area contributed by atoms with E-state index in [9.17, 15) is 0 Å². The number of nitrogens with zero attached hydrogens (tertiary/aromatic N) is 1. The third kappa shape index (κ3) is 3.65. The molecule has 0 bridgehead atoms. The number of hydrogen-bond donors (Lipinski definition) is 1. The smallest absolute Gasteiger partial charge is 0.0619 e. The number of hydrogen-bond acceptors (Lipinski definition) is 1. The molecule has 1 N–H and O–H groups in total. The van der Waals surface area contributed by atoms with Crippen molar-refractivity contribution < 1.29 is 0 Å². The molecule has 0 unspecified atom stereocenters. The lowest BCUT2D eigenvalue weighted by atomic mass is 10.0. The molecule has 1 heterocycles. The van der Waals surface area contributed by atoms with E-state index in [4.69, 9.17) is 0 Å². The highest BCUT2D eigenvalue weighted by Gasteiger charge is 2.15. The summed E-state index contributed by atoms with van der Waals surface area (Å²) in [7, 11) is 0. The Morgan fingerprint density at radius 1 is 0.425 bits per heavy atom. The molecule has 8 rings (SSSR count). The first-order valence-corrected chi connectivity index (χ1v) is 13.7. The Morgan fingerprint density at radius 3 is 1.90 bits per heavy atom. The zero-order valence-corrected chi connectivity index (χ0v) is 21.9. The van der Waals surface area contributed by atoms with Crippen LogP contribution in [0, 0.1) is 0 Å². The second kappa shape index (κ2) is 9.14. The summed E-state index contributed by atoms with van der Waals surface area (Å²) in [5.74, 6) is 0. The van der Waals surface area contributed by atoms with Gasteiger partial charge in [0.15, 0.2) is 0 Å². The normalized spacial score (nSPS) is 11.5. The second-order valence-corrected chi connectivity index (χ2v) is 10.3. The Kier molecular flexibility index (Phi) is 5.17. The largest absolute Gasteiger partial charge is 0.355 e. The molecule has 0 radical (unpaired) electrons. The van der Waals surface area contributed by atoms with E-state index in [1.807, 2.05) is 0 Å². The van der Waals surface area contributed by atoms with Gasteiger partial charge in [-0.25, -0.2) is 0 Å². The molecule has 0 spiro atoms. The quantitative estimate of drug-likeness (QED) is 0.249. The molecule has 2 nitrogen and oxygen atoms in total. The van der Waals surface area contributed by atoms with Crippen LogP contribution in [-0.2, 0) is 0 Å². The minimum atomic E-state index is 1.08. The molecule has 0 aliphatic rings. The van der Waals surface area contributed by atoms with Crippen LogP contribution in [-0.4, -0.2) is 4.57 Å². The highest BCUT2D eigenvalue weighted by Crippen LogP contribution is 2.38. The van der Waals surface area contributed by atoms with Gasteiger partial charge in [-0.05, 0) is 58.3 Å². The van der Waals surface area contributed by atoms with Crippen LogP contribution in [0.1, 0.15) is 0 Å². The Balaban J connectivity index is 1.25. The van der Waals surface area contributed by atoms with E-state index in [1.54, 1.807) is 0 Å². The number of fused-ring (bicyclic) bond motifs is 6. The van der Waals surface area contributed by atoms with Crippen LogP contribution in [0.5, 0.6) is 0 Å². The molecule has 188 valence electrons. The van der Waals surface area contributed by atoms with Crippen molar-refractivity contribution in [2.75, 3.05) is 5.32 Å². The van der Waals surface area contributed by atoms with E-state index in [0.717, 1.165) is 11.4 Å². The number of nitrogens with one attached hydrogen (secondary N) is 1. The van der Waals surface area contributed by atoms with Crippen LogP contribution in [0.25, 0.3) is 60.2 Å². The molecule has 8 aromatic rings. The van der Waals surface area contributed by atoms with Gasteiger partial charge in [0.25, 0.3) is 0 Å². The summed E-state index contributed by atoms with van der Waals surface area (Å²) in [4.78, 5) is 0. The standard InChI is InChI=1S/C38H26N2/c1-2-12-31(13-3-1)40-37-25-29(20-23-34(37)35-24-19-28-10-5-7-15-33(28)38(35)40)26-17-21-30(22-18-26)39-36-16-8-11-27-9-4-6-14-32(27)36/h1-25,39H. The first-order chi connectivity index (χ1) is 19.8. The van der Waals surface area contributed by atoms with Crippen LogP contribution < -0.4 is 5.32 Å². The van der Waals surface area contributed by atoms with Crippen molar-refractivity contribution >= 4 is 54.7 Å². The number of rotatable bonds is 4. The fourth-order valence-electron chi connectivity index (χ4n) is 6.04. The number of aromatic nitrogens is 1. The van der Waals surface area contributed by atoms with Gasteiger partial charge >= 0.3 is 0 Å². The zero-order valence-electron chi connectivity index (χ0n) is 21.9. The van der Waals surface area contributed by atoms with Crippen molar-refractivity contribution in [2.24, 2.45) is 0 Å². The average molecular weight is 511 g/mol. The monoisotopic (exact) mass is 510 g/mol. The van der Waals surface area contributed by atoms with Gasteiger partial charge in [-0.3, -0.25) is 0 Å². The maximum Gasteiger partial charge on any atom is 0.0619 e. The van der Waals surface area contributed by atoms with Gasteiger partial charge in [0.05, 0.1) is 11.0 Å². The molecular formula is C38H26N2. The van der Waals surface area contributed by atoms with Gasteiger partial charge in [-0.1, -0.05) is 115 Å². The summed E-state index contributed by atoms with van der Waals surface area (Å²) in [6, 6.07) is 54.4. The Labute approximate surface area is 232 Å². The van der Waals surface area contributed by atoms with E-state index in [0.29, 0.717) is 0 Å². The Morgan fingerprint density at radius 2 is 1.07 bits per heavy atom. The molecular weight excluding hydrogens is 484 g/mol. The molecule has 0 amide bonds. The molecule has 0 fully saturated rings. The van der Waals surface area contributed by atoms with Crippen molar-refractivity contribution in [3.8, 4) is 16.8 Å². The third-order valence-electron chi connectivity index (χ3n) is 7.95. The van der Waals surface area contributed by atoms with Gasteiger partial charge in [0.1, 0.15) is 0 Å². The summed E-state index contributed by atoms with van der Waals surface area (Å²) in [5, 5.41) is 11.1. The lowest BCUT2D eigenvalue weighted by Crippen LogP contribution is -1.94. The van der Waals surface area contributed by atoms with Crippen molar-refractivity contribution in [3.05, 3.63) is 152 Å². The first-order valence-electron chi connectivity index (χ1n) is 13.7. The summed E-state index contributed by atoms with van der Waals surface area (Å²) in [5.41, 5.74) is 8.23. The van der Waals surface area contributed by atoms with Gasteiger partial charge < -0.3 is 9.88 Å². The molecule has 0 aliphatic carbocycles. The van der Waals surface area contributed by atoms with E-state index in [2.05, 4.69) is 162 Å². The maximum atomic E-state index is 3.62. The highest BCUT2D eigenvalue weighted by molar-refractivity contribution is 6.19. The van der Waals surface area contributed by atoms with Crippen molar-refractivity contribution in [1.82, 2.24) is 4.57 Å². The predicted octanol–water partition coefficient (Wildman–Crippen LogP) is 10.5. The number of anilines is 2. The van der Waals surface area contributed by atoms with Gasteiger partial charge in [-0.2, -0.15) is 0 Å². The molecule has 0 saturated heterocycles. The average Bonchev–Trinajstić information content (AvgIpc) is 3.36. The molecule has 40 heavy (non-hydrogen) atoms. The van der Waals surface area contributed by atoms with Crippen molar-refractivity contribution in [3.63, 3.8) is 0 Å². The van der Waals surface area contributed by atoms with E-state index in [1.165, 1.54) is 60.2 Å². The van der Waals surface area contributed by atoms with E-state index in [-0.39, 0.29) is 0 Å². The van der Waals surface area contributed by atoms with Crippen molar-refractivity contribution in [1.29, 1.82) is 0 Å². The Hall–Kier alpha value is -5.34.